The van der Waals surface area contributed by atoms with Crippen molar-refractivity contribution < 1.29 is 14.0 Å². The third-order valence-electron chi connectivity index (χ3n) is 2.11. The summed E-state index contributed by atoms with van der Waals surface area (Å²) in [6.45, 7) is 2.41. The second kappa shape index (κ2) is 7.39. The van der Waals surface area contributed by atoms with E-state index in [0.717, 1.165) is 0 Å². The summed E-state index contributed by atoms with van der Waals surface area (Å²) in [4.78, 5) is 22.0. The molecule has 0 aromatic heterocycles. The van der Waals surface area contributed by atoms with Gasteiger partial charge in [-0.25, -0.2) is 4.39 Å². The fraction of sp³-hybridized carbons (Fsp3) is 0.333. The fourth-order valence-electron chi connectivity index (χ4n) is 1.29. The topological polar surface area (TPSA) is 70.2 Å². The van der Waals surface area contributed by atoms with Crippen molar-refractivity contribution in [3.63, 3.8) is 0 Å². The molecule has 0 unspecified atom stereocenters. The van der Waals surface area contributed by atoms with Gasteiger partial charge in [-0.15, -0.1) is 0 Å². The highest BCUT2D eigenvalue weighted by Crippen LogP contribution is 2.11. The van der Waals surface area contributed by atoms with E-state index >= 15 is 0 Å². The number of para-hydroxylation sites is 1. The van der Waals surface area contributed by atoms with Crippen LogP contribution in [0.25, 0.3) is 0 Å². The molecule has 0 heterocycles. The van der Waals surface area contributed by atoms with Crippen molar-refractivity contribution in [2.75, 3.05) is 25.0 Å². The molecule has 0 radical (unpaired) electrons. The summed E-state index contributed by atoms with van der Waals surface area (Å²) in [5.74, 6) is -0.917. The van der Waals surface area contributed by atoms with Crippen LogP contribution in [0.3, 0.4) is 0 Å². The van der Waals surface area contributed by atoms with Gasteiger partial charge in [0.25, 0.3) is 0 Å². The van der Waals surface area contributed by atoms with Crippen molar-refractivity contribution in [3.8, 4) is 0 Å². The number of benzene rings is 1. The molecule has 0 atom stereocenters. The lowest BCUT2D eigenvalue weighted by atomic mass is 10.3. The molecule has 18 heavy (non-hydrogen) atoms. The number of carbonyl (C=O) groups is 2. The normalized spacial score (nSPS) is 9.89. The van der Waals surface area contributed by atoms with Crippen molar-refractivity contribution >= 4 is 17.5 Å². The van der Waals surface area contributed by atoms with Gasteiger partial charge in [-0.1, -0.05) is 12.1 Å². The highest BCUT2D eigenvalue weighted by Gasteiger charge is 2.05. The van der Waals surface area contributed by atoms with Gasteiger partial charge in [0, 0.05) is 20.0 Å². The maximum Gasteiger partial charge on any atom is 0.238 e. The average Bonchev–Trinajstić information content (AvgIpc) is 2.31. The summed E-state index contributed by atoms with van der Waals surface area (Å²) in [5.41, 5.74) is 0.158. The molecule has 1 aromatic rings. The number of amides is 2. The van der Waals surface area contributed by atoms with E-state index < -0.39 is 5.82 Å². The van der Waals surface area contributed by atoms with Crippen LogP contribution in [0.1, 0.15) is 6.92 Å². The number of anilines is 1. The highest BCUT2D eigenvalue weighted by molar-refractivity contribution is 5.92. The summed E-state index contributed by atoms with van der Waals surface area (Å²) in [7, 11) is 0. The van der Waals surface area contributed by atoms with Crippen LogP contribution in [-0.2, 0) is 9.59 Å². The molecular formula is C12H16FN3O2. The van der Waals surface area contributed by atoms with Crippen LogP contribution in [-0.4, -0.2) is 31.4 Å². The molecule has 0 aliphatic carbocycles. The Morgan fingerprint density at radius 2 is 1.94 bits per heavy atom. The molecular weight excluding hydrogens is 237 g/mol. The quantitative estimate of drug-likeness (QED) is 0.646. The minimum absolute atomic E-state index is 0.0634. The lowest BCUT2D eigenvalue weighted by molar-refractivity contribution is -0.118. The zero-order valence-corrected chi connectivity index (χ0v) is 10.1. The van der Waals surface area contributed by atoms with Crippen LogP contribution in [0.15, 0.2) is 24.3 Å². The third kappa shape index (κ3) is 5.40. The SMILES string of the molecule is CC(=O)NCCNCC(=O)Nc1ccccc1F. The second-order valence-electron chi connectivity index (χ2n) is 3.69. The van der Waals surface area contributed by atoms with Crippen LogP contribution in [0, 0.1) is 5.82 Å². The van der Waals surface area contributed by atoms with Crippen LogP contribution in [0.2, 0.25) is 0 Å². The Balaban J connectivity index is 2.22. The molecule has 5 nitrogen and oxygen atoms in total. The number of halogens is 1. The molecule has 98 valence electrons. The van der Waals surface area contributed by atoms with Gasteiger partial charge < -0.3 is 16.0 Å². The first-order chi connectivity index (χ1) is 8.59. The van der Waals surface area contributed by atoms with Gasteiger partial charge in [0.05, 0.1) is 12.2 Å². The number of rotatable bonds is 6. The number of carbonyl (C=O) groups excluding carboxylic acids is 2. The summed E-state index contributed by atoms with van der Waals surface area (Å²) in [6, 6.07) is 5.96. The smallest absolute Gasteiger partial charge is 0.238 e. The van der Waals surface area contributed by atoms with E-state index in [0.29, 0.717) is 13.1 Å². The number of nitrogens with one attached hydrogen (secondary N) is 3. The summed E-state index contributed by atoms with van der Waals surface area (Å²) in [6.07, 6.45) is 0. The van der Waals surface area contributed by atoms with Gasteiger partial charge in [-0.3, -0.25) is 9.59 Å². The van der Waals surface area contributed by atoms with Gasteiger partial charge in [0.1, 0.15) is 5.82 Å². The minimum atomic E-state index is -0.468. The molecule has 0 fully saturated rings. The summed E-state index contributed by atoms with van der Waals surface area (Å²) >= 11 is 0. The van der Waals surface area contributed by atoms with Crippen LogP contribution < -0.4 is 16.0 Å². The van der Waals surface area contributed by atoms with E-state index in [1.165, 1.54) is 19.1 Å². The van der Waals surface area contributed by atoms with Gasteiger partial charge in [0.15, 0.2) is 0 Å². The lowest BCUT2D eigenvalue weighted by Crippen LogP contribution is -2.34. The molecule has 0 aliphatic rings. The zero-order chi connectivity index (χ0) is 13.4. The minimum Gasteiger partial charge on any atom is -0.355 e. The molecule has 0 bridgehead atoms. The Morgan fingerprint density at radius 1 is 1.22 bits per heavy atom. The Morgan fingerprint density at radius 3 is 2.61 bits per heavy atom. The van der Waals surface area contributed by atoms with E-state index in [9.17, 15) is 14.0 Å². The molecule has 0 saturated carbocycles. The third-order valence-corrected chi connectivity index (χ3v) is 2.11. The van der Waals surface area contributed by atoms with E-state index in [1.54, 1.807) is 12.1 Å². The fourth-order valence-corrected chi connectivity index (χ4v) is 1.29. The van der Waals surface area contributed by atoms with Gasteiger partial charge >= 0.3 is 0 Å². The molecule has 1 rings (SSSR count). The van der Waals surface area contributed by atoms with Crippen molar-refractivity contribution in [1.82, 2.24) is 10.6 Å². The van der Waals surface area contributed by atoms with Crippen molar-refractivity contribution in [2.45, 2.75) is 6.92 Å². The maximum atomic E-state index is 13.2. The Hall–Kier alpha value is -1.95. The average molecular weight is 253 g/mol. The van der Waals surface area contributed by atoms with Crippen LogP contribution in [0.4, 0.5) is 10.1 Å². The predicted molar refractivity (Wildman–Crippen MR) is 66.6 cm³/mol. The molecule has 1 aromatic carbocycles. The Kier molecular flexibility index (Phi) is 5.79. The number of hydrogen-bond acceptors (Lipinski definition) is 3. The molecule has 0 saturated heterocycles. The summed E-state index contributed by atoms with van der Waals surface area (Å²) < 4.78 is 13.2. The first-order valence-corrected chi connectivity index (χ1v) is 5.59. The first kappa shape index (κ1) is 14.1. The van der Waals surface area contributed by atoms with Crippen LogP contribution in [0.5, 0.6) is 0 Å². The van der Waals surface area contributed by atoms with Crippen molar-refractivity contribution in [3.05, 3.63) is 30.1 Å². The Bertz CT molecular complexity index is 424. The molecule has 0 aliphatic heterocycles. The number of hydrogen-bond donors (Lipinski definition) is 3. The standard InChI is InChI=1S/C12H16FN3O2/c1-9(17)15-7-6-14-8-12(18)16-11-5-3-2-4-10(11)13/h2-5,14H,6-8H2,1H3,(H,15,17)(H,16,18). The van der Waals surface area contributed by atoms with Gasteiger partial charge in [0.2, 0.25) is 11.8 Å². The van der Waals surface area contributed by atoms with Gasteiger partial charge in [-0.2, -0.15) is 0 Å². The largest absolute Gasteiger partial charge is 0.355 e. The molecule has 0 spiro atoms. The summed E-state index contributed by atoms with van der Waals surface area (Å²) in [5, 5.41) is 7.86. The van der Waals surface area contributed by atoms with Crippen molar-refractivity contribution in [1.29, 1.82) is 0 Å². The van der Waals surface area contributed by atoms with E-state index in [2.05, 4.69) is 16.0 Å². The van der Waals surface area contributed by atoms with Crippen LogP contribution >= 0.6 is 0 Å². The molecule has 3 N–H and O–H groups in total. The highest BCUT2D eigenvalue weighted by atomic mass is 19.1. The lowest BCUT2D eigenvalue weighted by Gasteiger charge is -2.07. The monoisotopic (exact) mass is 253 g/mol. The zero-order valence-electron chi connectivity index (χ0n) is 10.1. The molecule has 6 heteroatoms. The van der Waals surface area contributed by atoms with E-state index in [-0.39, 0.29) is 24.0 Å². The van der Waals surface area contributed by atoms with Crippen molar-refractivity contribution in [2.24, 2.45) is 0 Å². The van der Waals surface area contributed by atoms with E-state index in [4.69, 9.17) is 0 Å². The Labute approximate surface area is 105 Å². The second-order valence-corrected chi connectivity index (χ2v) is 3.69. The maximum absolute atomic E-state index is 13.2. The van der Waals surface area contributed by atoms with E-state index in [1.807, 2.05) is 0 Å². The van der Waals surface area contributed by atoms with Gasteiger partial charge in [-0.05, 0) is 12.1 Å². The molecule has 2 amide bonds. The first-order valence-electron chi connectivity index (χ1n) is 5.59. The predicted octanol–water partition coefficient (Wildman–Crippen LogP) is 0.490.